The summed E-state index contributed by atoms with van der Waals surface area (Å²) in [4.78, 5) is 10.2. The number of halogens is 2. The van der Waals surface area contributed by atoms with Crippen molar-refractivity contribution in [2.24, 2.45) is 0 Å². The molecule has 0 aliphatic rings. The molecule has 0 atom stereocenters. The molecule has 2 aromatic rings. The maximum atomic E-state index is 6.18. The zero-order chi connectivity index (χ0) is 14.5. The van der Waals surface area contributed by atoms with E-state index in [1.807, 2.05) is 23.9 Å². The van der Waals surface area contributed by atoms with E-state index in [-0.39, 0.29) is 0 Å². The van der Waals surface area contributed by atoms with Gasteiger partial charge in [-0.3, -0.25) is 0 Å². The molecule has 0 amide bonds. The molecule has 5 heteroatoms. The number of benzene rings is 1. The van der Waals surface area contributed by atoms with Gasteiger partial charge in [-0.15, -0.1) is 11.8 Å². The maximum absolute atomic E-state index is 6.18. The fourth-order valence-electron chi connectivity index (χ4n) is 1.86. The summed E-state index contributed by atoms with van der Waals surface area (Å²) in [6.45, 7) is 4.27. The highest BCUT2D eigenvalue weighted by atomic mass is 79.9. The molecule has 0 bridgehead atoms. The molecule has 1 aromatic carbocycles. The van der Waals surface area contributed by atoms with E-state index in [1.54, 1.807) is 0 Å². The predicted molar refractivity (Wildman–Crippen MR) is 90.6 cm³/mol. The average molecular weight is 372 g/mol. The Morgan fingerprint density at radius 3 is 2.45 bits per heavy atom. The van der Waals surface area contributed by atoms with Gasteiger partial charge < -0.3 is 0 Å². The van der Waals surface area contributed by atoms with Crippen molar-refractivity contribution >= 4 is 39.3 Å². The van der Waals surface area contributed by atoms with Crippen LogP contribution in [-0.2, 0) is 6.42 Å². The van der Waals surface area contributed by atoms with Crippen molar-refractivity contribution in [2.75, 3.05) is 5.75 Å². The van der Waals surface area contributed by atoms with Crippen molar-refractivity contribution in [1.82, 2.24) is 9.97 Å². The summed E-state index contributed by atoms with van der Waals surface area (Å²) < 4.78 is 0.808. The Hall–Kier alpha value is -0.580. The summed E-state index contributed by atoms with van der Waals surface area (Å²) in [5.74, 6) is 1.76. The van der Waals surface area contributed by atoms with Gasteiger partial charge in [0.2, 0.25) is 0 Å². The molecule has 0 aliphatic carbocycles. The van der Waals surface area contributed by atoms with Gasteiger partial charge in [0.05, 0.1) is 10.2 Å². The third-order valence-electron chi connectivity index (χ3n) is 2.79. The topological polar surface area (TPSA) is 25.8 Å². The number of hydrogen-bond acceptors (Lipinski definition) is 3. The Morgan fingerprint density at radius 1 is 1.15 bits per heavy atom. The Morgan fingerprint density at radius 2 is 1.85 bits per heavy atom. The van der Waals surface area contributed by atoms with E-state index < -0.39 is 0 Å². The van der Waals surface area contributed by atoms with Crippen LogP contribution >= 0.6 is 39.3 Å². The van der Waals surface area contributed by atoms with Crippen LogP contribution in [0.15, 0.2) is 33.6 Å². The van der Waals surface area contributed by atoms with Gasteiger partial charge in [0, 0.05) is 10.5 Å². The average Bonchev–Trinajstić information content (AvgIpc) is 2.45. The van der Waals surface area contributed by atoms with Crippen molar-refractivity contribution < 1.29 is 0 Å². The zero-order valence-electron chi connectivity index (χ0n) is 11.5. The molecule has 2 nitrogen and oxygen atoms in total. The maximum Gasteiger partial charge on any atom is 0.161 e. The first-order valence-electron chi connectivity index (χ1n) is 6.60. The van der Waals surface area contributed by atoms with Gasteiger partial charge in [-0.25, -0.2) is 9.97 Å². The molecule has 0 saturated carbocycles. The van der Waals surface area contributed by atoms with E-state index in [0.29, 0.717) is 11.0 Å². The monoisotopic (exact) mass is 370 g/mol. The molecule has 0 radical (unpaired) electrons. The molecule has 20 heavy (non-hydrogen) atoms. The van der Waals surface area contributed by atoms with Gasteiger partial charge in [0.15, 0.2) is 5.82 Å². The molecule has 0 fully saturated rings. The van der Waals surface area contributed by atoms with Crippen LogP contribution in [0.25, 0.3) is 11.4 Å². The number of rotatable bonds is 5. The van der Waals surface area contributed by atoms with E-state index >= 15 is 0 Å². The first kappa shape index (κ1) is 15.8. The number of hydrogen-bond donors (Lipinski definition) is 0. The van der Waals surface area contributed by atoms with E-state index in [9.17, 15) is 0 Å². The summed E-state index contributed by atoms with van der Waals surface area (Å²) in [7, 11) is 0. The molecule has 0 unspecified atom stereocenters. The first-order valence-corrected chi connectivity index (χ1v) is 8.76. The lowest BCUT2D eigenvalue weighted by Crippen LogP contribution is -1.98. The van der Waals surface area contributed by atoms with Crippen LogP contribution in [0.3, 0.4) is 0 Å². The van der Waals surface area contributed by atoms with E-state index in [0.717, 1.165) is 34.3 Å². The molecule has 0 spiro atoms. The van der Waals surface area contributed by atoms with E-state index in [2.05, 4.69) is 51.9 Å². The Bertz CT molecular complexity index is 587. The molecule has 1 aromatic heterocycles. The summed E-state index contributed by atoms with van der Waals surface area (Å²) >= 11 is 11.5. The quantitative estimate of drug-likeness (QED) is 0.503. The van der Waals surface area contributed by atoms with Crippen molar-refractivity contribution in [1.29, 1.82) is 0 Å². The minimum absolute atomic E-state index is 0.477. The Kier molecular flexibility index (Phi) is 5.87. The van der Waals surface area contributed by atoms with Gasteiger partial charge in [-0.05, 0) is 40.2 Å². The lowest BCUT2D eigenvalue weighted by molar-refractivity contribution is 0.868. The van der Waals surface area contributed by atoms with Crippen LogP contribution < -0.4 is 0 Å². The molecule has 2 rings (SSSR count). The lowest BCUT2D eigenvalue weighted by atomic mass is 10.2. The molecule has 0 aliphatic heterocycles. The zero-order valence-corrected chi connectivity index (χ0v) is 14.6. The minimum Gasteiger partial charge on any atom is -0.232 e. The van der Waals surface area contributed by atoms with Crippen LogP contribution in [0.4, 0.5) is 0 Å². The lowest BCUT2D eigenvalue weighted by Gasteiger charge is -2.08. The highest BCUT2D eigenvalue weighted by Gasteiger charge is 2.11. The summed E-state index contributed by atoms with van der Waals surface area (Å²) in [6.07, 6.45) is 1.91. The third-order valence-corrected chi connectivity index (χ3v) is 5.02. The summed E-state index contributed by atoms with van der Waals surface area (Å²) in [6, 6.07) is 8.30. The van der Waals surface area contributed by atoms with Crippen LogP contribution in [0, 0.1) is 0 Å². The van der Waals surface area contributed by atoms with Gasteiger partial charge in [-0.1, -0.05) is 44.0 Å². The second-order valence-corrected chi connectivity index (χ2v) is 6.79. The number of aryl methyl sites for hydroxylation is 1. The predicted octanol–water partition coefficient (Wildman–Crippen LogP) is 5.62. The van der Waals surface area contributed by atoms with Crippen molar-refractivity contribution in [2.45, 2.75) is 31.6 Å². The second kappa shape index (κ2) is 7.43. The number of aromatic nitrogens is 2. The van der Waals surface area contributed by atoms with Crippen molar-refractivity contribution in [3.05, 3.63) is 39.6 Å². The fourth-order valence-corrected chi connectivity index (χ4v) is 3.09. The van der Waals surface area contributed by atoms with Crippen LogP contribution in [0.2, 0.25) is 5.15 Å². The van der Waals surface area contributed by atoms with Crippen molar-refractivity contribution in [3.63, 3.8) is 0 Å². The highest BCUT2D eigenvalue weighted by Crippen LogP contribution is 2.28. The Balaban J connectivity index is 2.36. The van der Waals surface area contributed by atoms with Crippen LogP contribution in [0.1, 0.15) is 26.0 Å². The molecular weight excluding hydrogens is 356 g/mol. The van der Waals surface area contributed by atoms with Gasteiger partial charge in [-0.2, -0.15) is 0 Å². The minimum atomic E-state index is 0.477. The third kappa shape index (κ3) is 3.74. The summed E-state index contributed by atoms with van der Waals surface area (Å²) in [5, 5.41) is 0.477. The standard InChI is InChI=1S/C15H16BrClN2S/c1-3-5-12-13(16)14(17)19-15(18-12)10-6-8-11(9-7-10)20-4-2/h6-9H,3-5H2,1-2H3. The SMILES string of the molecule is CCCc1nc(-c2ccc(SCC)cc2)nc(Cl)c1Br. The molecule has 1 heterocycles. The number of nitrogens with zero attached hydrogens (tertiary/aromatic N) is 2. The second-order valence-electron chi connectivity index (χ2n) is 4.31. The molecule has 0 saturated heterocycles. The first-order chi connectivity index (χ1) is 9.65. The highest BCUT2D eigenvalue weighted by molar-refractivity contribution is 9.10. The largest absolute Gasteiger partial charge is 0.232 e. The molecule has 0 N–H and O–H groups in total. The molecule has 106 valence electrons. The number of thioether (sulfide) groups is 1. The van der Waals surface area contributed by atoms with E-state index in [1.165, 1.54) is 4.90 Å². The fraction of sp³-hybridized carbons (Fsp3) is 0.333. The van der Waals surface area contributed by atoms with Crippen LogP contribution in [0.5, 0.6) is 0 Å². The Labute approximate surface area is 137 Å². The van der Waals surface area contributed by atoms with Gasteiger partial charge in [0.1, 0.15) is 5.15 Å². The van der Waals surface area contributed by atoms with Gasteiger partial charge in [0.25, 0.3) is 0 Å². The molecular formula is C15H16BrClN2S. The summed E-state index contributed by atoms with van der Waals surface area (Å²) in [5.41, 5.74) is 1.96. The van der Waals surface area contributed by atoms with Crippen LogP contribution in [-0.4, -0.2) is 15.7 Å². The normalized spacial score (nSPS) is 10.8. The van der Waals surface area contributed by atoms with Crippen molar-refractivity contribution in [3.8, 4) is 11.4 Å². The van der Waals surface area contributed by atoms with Gasteiger partial charge >= 0.3 is 0 Å². The van der Waals surface area contributed by atoms with E-state index in [4.69, 9.17) is 11.6 Å². The smallest absolute Gasteiger partial charge is 0.161 e.